The minimum Gasteiger partial charge on any atom is -0.489 e. The van der Waals surface area contributed by atoms with Crippen molar-refractivity contribution in [3.05, 3.63) is 58.1 Å². The Balaban J connectivity index is 2.14. The maximum atomic E-state index is 10.8. The number of hydrogen-bond acceptors (Lipinski definition) is 5. The molecule has 0 aromatic heterocycles. The molecule has 0 amide bonds. The van der Waals surface area contributed by atoms with Crippen molar-refractivity contribution in [2.45, 2.75) is 6.61 Å². The fourth-order valence-electron chi connectivity index (χ4n) is 1.84. The molecule has 21 heavy (non-hydrogen) atoms. The van der Waals surface area contributed by atoms with E-state index in [1.54, 1.807) is 0 Å². The number of non-ortho nitro benzene ring substituents is 1. The first-order valence-corrected chi connectivity index (χ1v) is 6.40. The predicted molar refractivity (Wildman–Crippen MR) is 82.6 cm³/mol. The van der Waals surface area contributed by atoms with Gasteiger partial charge >= 0.3 is 0 Å². The van der Waals surface area contributed by atoms with Crippen LogP contribution in [-0.4, -0.2) is 19.0 Å². The molecule has 0 aliphatic rings. The van der Waals surface area contributed by atoms with E-state index in [9.17, 15) is 10.1 Å². The van der Waals surface area contributed by atoms with Crippen LogP contribution in [0.15, 0.2) is 42.5 Å². The van der Waals surface area contributed by atoms with Gasteiger partial charge in [-0.3, -0.25) is 10.1 Å². The highest BCUT2D eigenvalue weighted by Gasteiger charge is 2.10. The zero-order chi connectivity index (χ0) is 15.4. The van der Waals surface area contributed by atoms with Crippen molar-refractivity contribution in [3.63, 3.8) is 0 Å². The summed E-state index contributed by atoms with van der Waals surface area (Å²) in [4.78, 5) is 12.3. The molecule has 2 rings (SSSR count). The second-order valence-electron chi connectivity index (χ2n) is 4.82. The van der Waals surface area contributed by atoms with E-state index in [0.717, 1.165) is 5.69 Å². The quantitative estimate of drug-likeness (QED) is 0.519. The number of nitro groups is 1. The lowest BCUT2D eigenvalue weighted by atomic mass is 10.1. The average Bonchev–Trinajstić information content (AvgIpc) is 2.46. The van der Waals surface area contributed by atoms with Crippen molar-refractivity contribution >= 4 is 17.1 Å². The first-order chi connectivity index (χ1) is 9.97. The molecule has 110 valence electrons. The second-order valence-corrected chi connectivity index (χ2v) is 4.82. The van der Waals surface area contributed by atoms with Crippen LogP contribution in [0.3, 0.4) is 0 Å². The molecule has 0 atom stereocenters. The van der Waals surface area contributed by atoms with Crippen molar-refractivity contribution in [2.24, 2.45) is 0 Å². The van der Waals surface area contributed by atoms with Gasteiger partial charge in [0.15, 0.2) is 0 Å². The highest BCUT2D eigenvalue weighted by molar-refractivity contribution is 5.53. The molecule has 0 spiro atoms. The number of nitrogen functional groups attached to an aromatic ring is 1. The van der Waals surface area contributed by atoms with Crippen LogP contribution in [0.5, 0.6) is 5.75 Å². The smallest absolute Gasteiger partial charge is 0.269 e. The van der Waals surface area contributed by atoms with E-state index in [2.05, 4.69) is 0 Å². The van der Waals surface area contributed by atoms with Gasteiger partial charge in [0, 0.05) is 49.2 Å². The predicted octanol–water partition coefficient (Wildman–Crippen LogP) is 2.82. The van der Waals surface area contributed by atoms with Crippen LogP contribution >= 0.6 is 0 Å². The Morgan fingerprint density at radius 2 is 2.00 bits per heavy atom. The van der Waals surface area contributed by atoms with Crippen LogP contribution in [0.1, 0.15) is 5.56 Å². The number of nitro benzene ring substituents is 1. The lowest BCUT2D eigenvalue weighted by Crippen LogP contribution is -2.08. The van der Waals surface area contributed by atoms with Gasteiger partial charge in [-0.05, 0) is 18.2 Å². The number of benzene rings is 2. The van der Waals surface area contributed by atoms with Crippen molar-refractivity contribution in [2.75, 3.05) is 24.7 Å². The van der Waals surface area contributed by atoms with Gasteiger partial charge < -0.3 is 15.4 Å². The van der Waals surface area contributed by atoms with Crippen LogP contribution < -0.4 is 15.4 Å². The maximum Gasteiger partial charge on any atom is 0.269 e. The molecule has 0 saturated heterocycles. The summed E-state index contributed by atoms with van der Waals surface area (Å²) in [6.45, 7) is 0.185. The minimum absolute atomic E-state index is 0.00448. The Labute approximate surface area is 122 Å². The molecule has 2 aromatic rings. The largest absolute Gasteiger partial charge is 0.489 e. The molecular formula is C15H17N3O3. The number of hydrogen-bond donors (Lipinski definition) is 1. The summed E-state index contributed by atoms with van der Waals surface area (Å²) < 4.78 is 5.67. The summed E-state index contributed by atoms with van der Waals surface area (Å²) in [5.41, 5.74) is 7.91. The summed E-state index contributed by atoms with van der Waals surface area (Å²) >= 11 is 0. The van der Waals surface area contributed by atoms with Gasteiger partial charge in [0.25, 0.3) is 5.69 Å². The number of nitrogens with two attached hydrogens (primary N) is 1. The van der Waals surface area contributed by atoms with Gasteiger partial charge in [-0.1, -0.05) is 6.07 Å². The molecule has 0 saturated carbocycles. The first-order valence-electron chi connectivity index (χ1n) is 6.40. The molecule has 0 fully saturated rings. The molecule has 6 heteroatoms. The third kappa shape index (κ3) is 3.62. The summed E-state index contributed by atoms with van der Waals surface area (Å²) in [5.74, 6) is 0.687. The van der Waals surface area contributed by atoms with E-state index < -0.39 is 4.92 Å². The Morgan fingerprint density at radius 3 is 2.67 bits per heavy atom. The Hall–Kier alpha value is -2.76. The Morgan fingerprint density at radius 1 is 1.24 bits per heavy atom. The van der Waals surface area contributed by atoms with Crippen molar-refractivity contribution in [3.8, 4) is 5.75 Å². The average molecular weight is 287 g/mol. The van der Waals surface area contributed by atoms with Crippen molar-refractivity contribution in [1.82, 2.24) is 0 Å². The minimum atomic E-state index is -0.449. The van der Waals surface area contributed by atoms with Gasteiger partial charge in [-0.15, -0.1) is 0 Å². The highest BCUT2D eigenvalue weighted by atomic mass is 16.6. The fourth-order valence-corrected chi connectivity index (χ4v) is 1.84. The monoisotopic (exact) mass is 287 g/mol. The van der Waals surface area contributed by atoms with Crippen LogP contribution in [0, 0.1) is 10.1 Å². The number of nitrogens with zero attached hydrogens (tertiary/aromatic N) is 2. The molecule has 0 bridgehead atoms. The standard InChI is InChI=1S/C15H17N3O3/c1-17(2)12-4-3-5-14(9-12)21-10-11-8-13(18(19)20)6-7-15(11)16/h3-9H,10,16H2,1-2H3. The number of rotatable bonds is 5. The van der Waals surface area contributed by atoms with E-state index in [4.69, 9.17) is 10.5 Å². The number of ether oxygens (including phenoxy) is 1. The van der Waals surface area contributed by atoms with Gasteiger partial charge in [0.1, 0.15) is 12.4 Å². The molecular weight excluding hydrogens is 270 g/mol. The van der Waals surface area contributed by atoms with Gasteiger partial charge in [-0.2, -0.15) is 0 Å². The third-order valence-electron chi connectivity index (χ3n) is 3.07. The van der Waals surface area contributed by atoms with E-state index in [0.29, 0.717) is 17.0 Å². The third-order valence-corrected chi connectivity index (χ3v) is 3.07. The van der Waals surface area contributed by atoms with Crippen molar-refractivity contribution in [1.29, 1.82) is 0 Å². The van der Waals surface area contributed by atoms with E-state index in [-0.39, 0.29) is 12.3 Å². The van der Waals surface area contributed by atoms with Crippen LogP contribution in [0.2, 0.25) is 0 Å². The van der Waals surface area contributed by atoms with Crippen LogP contribution in [0.25, 0.3) is 0 Å². The Bertz CT molecular complexity index is 656. The topological polar surface area (TPSA) is 81.6 Å². The summed E-state index contributed by atoms with van der Waals surface area (Å²) in [6, 6.07) is 11.9. The number of anilines is 2. The highest BCUT2D eigenvalue weighted by Crippen LogP contribution is 2.23. The summed E-state index contributed by atoms with van der Waals surface area (Å²) in [6.07, 6.45) is 0. The van der Waals surface area contributed by atoms with Crippen molar-refractivity contribution < 1.29 is 9.66 Å². The van der Waals surface area contributed by atoms with E-state index in [1.165, 1.54) is 18.2 Å². The molecule has 0 radical (unpaired) electrons. The maximum absolute atomic E-state index is 10.8. The molecule has 2 aromatic carbocycles. The molecule has 0 aliphatic carbocycles. The second kappa shape index (κ2) is 6.13. The Kier molecular flexibility index (Phi) is 4.27. The first kappa shape index (κ1) is 14.6. The normalized spacial score (nSPS) is 10.2. The van der Waals surface area contributed by atoms with Crippen LogP contribution in [0.4, 0.5) is 17.1 Å². The van der Waals surface area contributed by atoms with E-state index in [1.807, 2.05) is 43.3 Å². The van der Waals surface area contributed by atoms with E-state index >= 15 is 0 Å². The van der Waals surface area contributed by atoms with Crippen LogP contribution in [-0.2, 0) is 6.61 Å². The molecule has 0 aliphatic heterocycles. The summed E-state index contributed by atoms with van der Waals surface area (Å²) in [5, 5.41) is 10.8. The zero-order valence-corrected chi connectivity index (χ0v) is 11.9. The van der Waals surface area contributed by atoms with Gasteiger partial charge in [0.2, 0.25) is 0 Å². The van der Waals surface area contributed by atoms with Gasteiger partial charge in [0.05, 0.1) is 4.92 Å². The lowest BCUT2D eigenvalue weighted by Gasteiger charge is -2.14. The fraction of sp³-hybridized carbons (Fsp3) is 0.200. The summed E-state index contributed by atoms with van der Waals surface area (Å²) in [7, 11) is 3.88. The molecule has 0 unspecified atom stereocenters. The molecule has 2 N–H and O–H groups in total. The SMILES string of the molecule is CN(C)c1cccc(OCc2cc([N+](=O)[O-])ccc2N)c1. The van der Waals surface area contributed by atoms with Gasteiger partial charge in [-0.25, -0.2) is 0 Å². The molecule has 0 heterocycles. The molecule has 6 nitrogen and oxygen atoms in total. The zero-order valence-electron chi connectivity index (χ0n) is 11.9. The lowest BCUT2D eigenvalue weighted by molar-refractivity contribution is -0.384.